The van der Waals surface area contributed by atoms with Crippen LogP contribution in [0.3, 0.4) is 0 Å². The highest BCUT2D eigenvalue weighted by molar-refractivity contribution is 7.80. The molecule has 2 aromatic carbocycles. The molecule has 4 aromatic rings. The van der Waals surface area contributed by atoms with Gasteiger partial charge in [-0.3, -0.25) is 19.3 Å². The molecule has 0 radical (unpaired) electrons. The molecule has 9 heteroatoms. The number of thiocarbonyl (C=S) groups is 1. The first-order valence-electron chi connectivity index (χ1n) is 11.1. The van der Waals surface area contributed by atoms with E-state index in [0.717, 1.165) is 15.8 Å². The number of nitrogens with zero attached hydrogens (tertiary/aromatic N) is 2. The summed E-state index contributed by atoms with van der Waals surface area (Å²) in [6.45, 7) is 1.92. The van der Waals surface area contributed by atoms with E-state index in [1.165, 1.54) is 11.8 Å². The van der Waals surface area contributed by atoms with Gasteiger partial charge in [-0.15, -0.1) is 11.3 Å². The fraction of sp³-hybridized carbons (Fsp3) is 0.154. The number of hydrogen-bond acceptors (Lipinski definition) is 5. The van der Waals surface area contributed by atoms with Crippen LogP contribution in [-0.4, -0.2) is 38.6 Å². The lowest BCUT2D eigenvalue weighted by molar-refractivity contribution is -0.124. The zero-order valence-electron chi connectivity index (χ0n) is 18.9. The van der Waals surface area contributed by atoms with Crippen LogP contribution in [0.5, 0.6) is 0 Å². The lowest BCUT2D eigenvalue weighted by Crippen LogP contribution is -2.37. The molecular formula is C26H22N4O3S2. The van der Waals surface area contributed by atoms with Gasteiger partial charge in [-0.25, -0.2) is 0 Å². The molecule has 0 bridgehead atoms. The Morgan fingerprint density at radius 3 is 2.63 bits per heavy atom. The Kier molecular flexibility index (Phi) is 6.19. The molecule has 7 nitrogen and oxygen atoms in total. The van der Waals surface area contributed by atoms with E-state index in [9.17, 15) is 14.4 Å². The molecule has 2 amide bonds. The summed E-state index contributed by atoms with van der Waals surface area (Å²) in [4.78, 5) is 45.6. The molecular weight excluding hydrogens is 480 g/mol. The lowest BCUT2D eigenvalue weighted by atomic mass is 10.1. The number of nitrogens with one attached hydrogen (secondary N) is 2. The summed E-state index contributed by atoms with van der Waals surface area (Å²) in [7, 11) is 0. The lowest BCUT2D eigenvalue weighted by Gasteiger charge is -2.23. The maximum Gasteiger partial charge on any atom is 0.256 e. The predicted octanol–water partition coefficient (Wildman–Crippen LogP) is 4.96. The number of anilines is 2. The number of ketones is 1. The highest BCUT2D eigenvalue weighted by Crippen LogP contribution is 2.30. The average molecular weight is 503 g/mol. The molecule has 1 aliphatic heterocycles. The van der Waals surface area contributed by atoms with Crippen LogP contribution in [0.2, 0.25) is 0 Å². The summed E-state index contributed by atoms with van der Waals surface area (Å²) in [6.07, 6.45) is 1.80. The molecule has 2 N–H and O–H groups in total. The van der Waals surface area contributed by atoms with Crippen LogP contribution < -0.4 is 10.2 Å². The fourth-order valence-electron chi connectivity index (χ4n) is 4.18. The van der Waals surface area contributed by atoms with Crippen molar-refractivity contribution in [2.45, 2.75) is 25.9 Å². The Bertz CT molecular complexity index is 1430. The molecule has 1 fully saturated rings. The molecule has 35 heavy (non-hydrogen) atoms. The quantitative estimate of drug-likeness (QED) is 0.276. The van der Waals surface area contributed by atoms with Crippen molar-refractivity contribution >= 4 is 68.5 Å². The van der Waals surface area contributed by atoms with Crippen molar-refractivity contribution < 1.29 is 14.4 Å². The van der Waals surface area contributed by atoms with Crippen molar-refractivity contribution in [2.24, 2.45) is 0 Å². The third-order valence-corrected chi connectivity index (χ3v) is 7.25. The van der Waals surface area contributed by atoms with Crippen molar-refractivity contribution in [3.8, 4) is 0 Å². The van der Waals surface area contributed by atoms with E-state index >= 15 is 0 Å². The minimum atomic E-state index is -0.744. The van der Waals surface area contributed by atoms with E-state index in [0.29, 0.717) is 28.6 Å². The van der Waals surface area contributed by atoms with Crippen molar-refractivity contribution in [3.05, 3.63) is 82.7 Å². The number of thiophene rings is 1. The molecule has 3 heterocycles. The molecule has 1 atom stereocenters. The van der Waals surface area contributed by atoms with Crippen LogP contribution in [0.25, 0.3) is 10.9 Å². The summed E-state index contributed by atoms with van der Waals surface area (Å²) in [6, 6.07) is 17.5. The molecule has 176 valence electrons. The number of carbonyl (C=O) groups is 3. The van der Waals surface area contributed by atoms with Crippen molar-refractivity contribution in [1.82, 2.24) is 9.88 Å². The molecule has 0 aliphatic carbocycles. The number of H-pyrrole nitrogens is 1. The molecule has 1 unspecified atom stereocenters. The number of rotatable bonds is 7. The maximum absolute atomic E-state index is 13.6. The van der Waals surface area contributed by atoms with E-state index in [1.807, 2.05) is 48.0 Å². The Balaban J connectivity index is 1.39. The number of fused-ring (bicyclic) bond motifs is 1. The number of aromatic amines is 1. The SMILES string of the molecule is CC(=O)c1ccc(N2C(=O)C(CC(=O)Nc3ccc4cc[nH]c4c3)N(Cc3cccs3)C2=S)cc1. The van der Waals surface area contributed by atoms with Crippen molar-refractivity contribution in [3.63, 3.8) is 0 Å². The predicted molar refractivity (Wildman–Crippen MR) is 142 cm³/mol. The molecule has 0 spiro atoms. The van der Waals surface area contributed by atoms with Crippen molar-refractivity contribution in [2.75, 3.05) is 10.2 Å². The highest BCUT2D eigenvalue weighted by atomic mass is 32.1. The molecule has 0 saturated carbocycles. The third kappa shape index (κ3) is 4.60. The number of benzene rings is 2. The van der Waals surface area contributed by atoms with Crippen LogP contribution in [0.4, 0.5) is 11.4 Å². The normalized spacial score (nSPS) is 15.7. The first kappa shape index (κ1) is 22.9. The summed E-state index contributed by atoms with van der Waals surface area (Å²) >= 11 is 7.28. The fourth-order valence-corrected chi connectivity index (χ4v) is 5.27. The van der Waals surface area contributed by atoms with Crippen LogP contribution in [-0.2, 0) is 16.1 Å². The second-order valence-corrected chi connectivity index (χ2v) is 9.71. The number of hydrogen-bond donors (Lipinski definition) is 2. The van der Waals surface area contributed by atoms with E-state index in [1.54, 1.807) is 40.5 Å². The number of Topliss-reactive ketones (excluding diaryl/α,β-unsaturated/α-hetero) is 1. The van der Waals surface area contributed by atoms with Gasteiger partial charge in [0.05, 0.1) is 18.7 Å². The van der Waals surface area contributed by atoms with Gasteiger partial charge in [0, 0.05) is 27.8 Å². The van der Waals surface area contributed by atoms with Gasteiger partial charge in [-0.1, -0.05) is 12.1 Å². The van der Waals surface area contributed by atoms with Gasteiger partial charge >= 0.3 is 0 Å². The Morgan fingerprint density at radius 1 is 1.11 bits per heavy atom. The van der Waals surface area contributed by atoms with E-state index in [4.69, 9.17) is 12.2 Å². The maximum atomic E-state index is 13.6. The molecule has 2 aromatic heterocycles. The van der Waals surface area contributed by atoms with Gasteiger partial charge in [-0.05, 0) is 78.4 Å². The average Bonchev–Trinajstić information content (AvgIpc) is 3.57. The van der Waals surface area contributed by atoms with Crippen LogP contribution in [0.1, 0.15) is 28.6 Å². The van der Waals surface area contributed by atoms with E-state index < -0.39 is 6.04 Å². The largest absolute Gasteiger partial charge is 0.361 e. The zero-order valence-corrected chi connectivity index (χ0v) is 20.5. The summed E-state index contributed by atoms with van der Waals surface area (Å²) in [5, 5.41) is 6.26. The minimum Gasteiger partial charge on any atom is -0.361 e. The van der Waals surface area contributed by atoms with Gasteiger partial charge in [0.15, 0.2) is 10.9 Å². The highest BCUT2D eigenvalue weighted by Gasteiger charge is 2.44. The van der Waals surface area contributed by atoms with Gasteiger partial charge in [0.1, 0.15) is 6.04 Å². The standard InChI is InChI=1S/C26H22N4O3S2/c1-16(31)17-5-8-20(9-6-17)30-25(33)23(29(26(30)34)15-21-3-2-12-35-21)14-24(32)28-19-7-4-18-10-11-27-22(18)13-19/h2-13,23,27H,14-15H2,1H3,(H,28,32). The van der Waals surface area contributed by atoms with Crippen molar-refractivity contribution in [1.29, 1.82) is 0 Å². The number of aromatic nitrogens is 1. The van der Waals surface area contributed by atoms with Gasteiger partial charge < -0.3 is 15.2 Å². The topological polar surface area (TPSA) is 85.5 Å². The summed E-state index contributed by atoms with van der Waals surface area (Å²) < 4.78 is 0. The Hall–Kier alpha value is -3.82. The van der Waals surface area contributed by atoms with Crippen LogP contribution in [0, 0.1) is 0 Å². The molecule has 1 saturated heterocycles. The summed E-state index contributed by atoms with van der Waals surface area (Å²) in [5.41, 5.74) is 2.69. The third-order valence-electron chi connectivity index (χ3n) is 5.97. The smallest absolute Gasteiger partial charge is 0.256 e. The molecule has 5 rings (SSSR count). The zero-order chi connectivity index (χ0) is 24.5. The van der Waals surface area contributed by atoms with Gasteiger partial charge in [0.2, 0.25) is 5.91 Å². The van der Waals surface area contributed by atoms with Gasteiger partial charge in [-0.2, -0.15) is 0 Å². The van der Waals surface area contributed by atoms with E-state index in [2.05, 4.69) is 10.3 Å². The number of amides is 2. The Labute approximate surface area is 211 Å². The first-order chi connectivity index (χ1) is 16.9. The van der Waals surface area contributed by atoms with E-state index in [-0.39, 0.29) is 24.0 Å². The molecule has 1 aliphatic rings. The van der Waals surface area contributed by atoms with Crippen LogP contribution >= 0.6 is 23.6 Å². The van der Waals surface area contributed by atoms with Crippen LogP contribution in [0.15, 0.2) is 72.2 Å². The second kappa shape index (κ2) is 9.44. The second-order valence-electron chi connectivity index (χ2n) is 8.31. The Morgan fingerprint density at radius 2 is 1.91 bits per heavy atom. The number of carbonyl (C=O) groups excluding carboxylic acids is 3. The summed E-state index contributed by atoms with van der Waals surface area (Å²) in [5.74, 6) is -0.600. The first-order valence-corrected chi connectivity index (χ1v) is 12.3. The monoisotopic (exact) mass is 502 g/mol. The van der Waals surface area contributed by atoms with Gasteiger partial charge in [0.25, 0.3) is 5.91 Å². The minimum absolute atomic E-state index is 0.0465.